The predicted molar refractivity (Wildman–Crippen MR) is 49.7 cm³/mol. The summed E-state index contributed by atoms with van der Waals surface area (Å²) in [6, 6.07) is -0.0176. The largest absolute Gasteiger partial charge is 0.481 e. The number of rotatable bonds is 6. The Kier molecular flexibility index (Phi) is 4.06. The van der Waals surface area contributed by atoms with Crippen LogP contribution in [0.1, 0.15) is 13.3 Å². The Morgan fingerprint density at radius 2 is 2.50 bits per heavy atom. The number of carboxylic acid groups (broad SMARTS) is 1. The lowest BCUT2D eigenvalue weighted by atomic mass is 10.2. The van der Waals surface area contributed by atoms with E-state index in [9.17, 15) is 4.79 Å². The molecule has 78 valence electrons. The first kappa shape index (κ1) is 10.6. The number of carboxylic acids is 1. The lowest BCUT2D eigenvalue weighted by Gasteiger charge is -2.10. The minimum atomic E-state index is -0.786. The molecule has 2 N–H and O–H groups in total. The molecule has 0 amide bonds. The van der Waals surface area contributed by atoms with Crippen molar-refractivity contribution in [1.29, 1.82) is 0 Å². The van der Waals surface area contributed by atoms with Crippen LogP contribution in [0.3, 0.4) is 0 Å². The van der Waals surface area contributed by atoms with Crippen LogP contribution in [-0.4, -0.2) is 38.7 Å². The summed E-state index contributed by atoms with van der Waals surface area (Å²) in [4.78, 5) is 10.3. The average Bonchev–Trinajstić information content (AvgIpc) is 2.55. The quantitative estimate of drug-likeness (QED) is 0.657. The molecule has 6 heteroatoms. The summed E-state index contributed by atoms with van der Waals surface area (Å²) < 4.78 is 1.69. The highest BCUT2D eigenvalue weighted by Crippen LogP contribution is 1.89. The second-order valence-corrected chi connectivity index (χ2v) is 3.12. The zero-order chi connectivity index (χ0) is 10.4. The molecule has 0 bridgehead atoms. The highest BCUT2D eigenvalue weighted by atomic mass is 16.4. The zero-order valence-corrected chi connectivity index (χ0v) is 8.05. The molecule has 6 nitrogen and oxygen atoms in total. The molecule has 14 heavy (non-hydrogen) atoms. The minimum absolute atomic E-state index is 0.0176. The van der Waals surface area contributed by atoms with Crippen molar-refractivity contribution in [2.75, 3.05) is 6.54 Å². The smallest absolute Gasteiger partial charge is 0.304 e. The number of aliphatic carboxylic acids is 1. The molecular weight excluding hydrogens is 184 g/mol. The minimum Gasteiger partial charge on any atom is -0.481 e. The highest BCUT2D eigenvalue weighted by molar-refractivity contribution is 5.67. The molecule has 0 aliphatic carbocycles. The first-order chi connectivity index (χ1) is 6.68. The molecule has 1 atom stereocenters. The maximum atomic E-state index is 10.3. The first-order valence-corrected chi connectivity index (χ1v) is 4.48. The van der Waals surface area contributed by atoms with Gasteiger partial charge in [0.05, 0.1) is 19.2 Å². The van der Waals surface area contributed by atoms with Gasteiger partial charge in [-0.3, -0.25) is 9.48 Å². The fourth-order valence-corrected chi connectivity index (χ4v) is 1.11. The van der Waals surface area contributed by atoms with Gasteiger partial charge in [-0.2, -0.15) is 0 Å². The Labute approximate surface area is 81.9 Å². The Balaban J connectivity index is 2.12. The summed E-state index contributed by atoms with van der Waals surface area (Å²) in [5.74, 6) is -0.786. The van der Waals surface area contributed by atoms with Crippen LogP contribution in [0.2, 0.25) is 0 Å². The van der Waals surface area contributed by atoms with E-state index in [4.69, 9.17) is 5.11 Å². The second kappa shape index (κ2) is 5.33. The summed E-state index contributed by atoms with van der Waals surface area (Å²) in [6.45, 7) is 3.23. The van der Waals surface area contributed by atoms with Crippen LogP contribution in [0.4, 0.5) is 0 Å². The monoisotopic (exact) mass is 198 g/mol. The van der Waals surface area contributed by atoms with Crippen molar-refractivity contribution >= 4 is 5.97 Å². The Hall–Kier alpha value is -1.43. The molecule has 0 saturated heterocycles. The molecule has 1 rings (SSSR count). The van der Waals surface area contributed by atoms with Gasteiger partial charge in [-0.15, -0.1) is 5.10 Å². The van der Waals surface area contributed by atoms with Gasteiger partial charge in [0.2, 0.25) is 0 Å². The average molecular weight is 198 g/mol. The van der Waals surface area contributed by atoms with Crippen molar-refractivity contribution in [3.05, 3.63) is 12.4 Å². The molecule has 0 fully saturated rings. The lowest BCUT2D eigenvalue weighted by molar-refractivity contribution is -0.137. The van der Waals surface area contributed by atoms with E-state index in [2.05, 4.69) is 15.6 Å². The summed E-state index contributed by atoms with van der Waals surface area (Å²) in [7, 11) is 0. The van der Waals surface area contributed by atoms with Crippen LogP contribution in [-0.2, 0) is 11.3 Å². The van der Waals surface area contributed by atoms with Crippen molar-refractivity contribution in [2.45, 2.75) is 25.9 Å². The summed E-state index contributed by atoms with van der Waals surface area (Å²) >= 11 is 0. The van der Waals surface area contributed by atoms with Gasteiger partial charge in [-0.25, -0.2) is 0 Å². The number of aromatic nitrogens is 3. The van der Waals surface area contributed by atoms with E-state index in [0.717, 1.165) is 0 Å². The van der Waals surface area contributed by atoms with E-state index in [1.807, 2.05) is 6.92 Å². The molecule has 0 aliphatic heterocycles. The van der Waals surface area contributed by atoms with Crippen molar-refractivity contribution in [3.8, 4) is 0 Å². The highest BCUT2D eigenvalue weighted by Gasteiger charge is 2.05. The predicted octanol–water partition coefficient (Wildman–Crippen LogP) is -0.269. The summed E-state index contributed by atoms with van der Waals surface area (Å²) in [5.41, 5.74) is 0. The third-order valence-electron chi connectivity index (χ3n) is 1.79. The maximum Gasteiger partial charge on any atom is 0.304 e. The van der Waals surface area contributed by atoms with Crippen molar-refractivity contribution in [2.24, 2.45) is 0 Å². The molecule has 1 unspecified atom stereocenters. The van der Waals surface area contributed by atoms with E-state index in [1.165, 1.54) is 0 Å². The summed E-state index contributed by atoms with van der Waals surface area (Å²) in [5, 5.41) is 19.0. The van der Waals surface area contributed by atoms with Crippen molar-refractivity contribution in [1.82, 2.24) is 20.3 Å². The van der Waals surface area contributed by atoms with Crippen LogP contribution in [0.25, 0.3) is 0 Å². The van der Waals surface area contributed by atoms with Crippen LogP contribution in [0.15, 0.2) is 12.4 Å². The fraction of sp³-hybridized carbons (Fsp3) is 0.625. The van der Waals surface area contributed by atoms with Gasteiger partial charge < -0.3 is 10.4 Å². The lowest BCUT2D eigenvalue weighted by Crippen LogP contribution is -2.31. The number of hydrogen-bond donors (Lipinski definition) is 2. The Morgan fingerprint density at radius 3 is 3.07 bits per heavy atom. The van der Waals surface area contributed by atoms with E-state index in [0.29, 0.717) is 13.1 Å². The van der Waals surface area contributed by atoms with E-state index in [1.54, 1.807) is 17.1 Å². The number of hydrogen-bond acceptors (Lipinski definition) is 4. The SMILES string of the molecule is CC(CC(=O)O)NCCn1ccnn1. The normalized spacial score (nSPS) is 12.6. The van der Waals surface area contributed by atoms with Gasteiger partial charge in [0.25, 0.3) is 0 Å². The molecule has 1 aromatic heterocycles. The van der Waals surface area contributed by atoms with Crippen LogP contribution >= 0.6 is 0 Å². The maximum absolute atomic E-state index is 10.3. The fourth-order valence-electron chi connectivity index (χ4n) is 1.11. The zero-order valence-electron chi connectivity index (χ0n) is 8.05. The van der Waals surface area contributed by atoms with Gasteiger partial charge in [0, 0.05) is 18.8 Å². The molecule has 0 spiro atoms. The third-order valence-corrected chi connectivity index (χ3v) is 1.79. The molecule has 1 heterocycles. The molecule has 0 saturated carbocycles. The van der Waals surface area contributed by atoms with Gasteiger partial charge in [-0.05, 0) is 6.92 Å². The second-order valence-electron chi connectivity index (χ2n) is 3.12. The van der Waals surface area contributed by atoms with Crippen molar-refractivity contribution in [3.63, 3.8) is 0 Å². The van der Waals surface area contributed by atoms with Crippen LogP contribution in [0.5, 0.6) is 0 Å². The van der Waals surface area contributed by atoms with E-state index >= 15 is 0 Å². The number of carbonyl (C=O) groups is 1. The number of nitrogens with zero attached hydrogens (tertiary/aromatic N) is 3. The van der Waals surface area contributed by atoms with Gasteiger partial charge in [-0.1, -0.05) is 5.21 Å². The van der Waals surface area contributed by atoms with Gasteiger partial charge >= 0.3 is 5.97 Å². The van der Waals surface area contributed by atoms with Gasteiger partial charge in [0.15, 0.2) is 0 Å². The Morgan fingerprint density at radius 1 is 1.71 bits per heavy atom. The molecule has 0 radical (unpaired) electrons. The third kappa shape index (κ3) is 3.99. The topological polar surface area (TPSA) is 80.0 Å². The standard InChI is InChI=1S/C8H14N4O2/c1-7(6-8(13)14)9-2-4-12-5-3-10-11-12/h3,5,7,9H,2,4,6H2,1H3,(H,13,14). The summed E-state index contributed by atoms with van der Waals surface area (Å²) in [6.07, 6.45) is 3.52. The van der Waals surface area contributed by atoms with E-state index < -0.39 is 5.97 Å². The molecule has 0 aliphatic rings. The Bertz CT molecular complexity index is 273. The first-order valence-electron chi connectivity index (χ1n) is 4.48. The van der Waals surface area contributed by atoms with E-state index in [-0.39, 0.29) is 12.5 Å². The molecule has 0 aromatic carbocycles. The molecule has 1 aromatic rings. The number of nitrogens with one attached hydrogen (secondary N) is 1. The van der Waals surface area contributed by atoms with Crippen LogP contribution in [0, 0.1) is 0 Å². The van der Waals surface area contributed by atoms with Crippen molar-refractivity contribution < 1.29 is 9.90 Å². The molecular formula is C8H14N4O2. The van der Waals surface area contributed by atoms with Crippen LogP contribution < -0.4 is 5.32 Å². The van der Waals surface area contributed by atoms with Gasteiger partial charge in [0.1, 0.15) is 0 Å².